The minimum atomic E-state index is 0.480. The second-order valence-corrected chi connectivity index (χ2v) is 4.82. The Labute approximate surface area is 92.8 Å². The normalized spacial score (nSPS) is 36.8. The van der Waals surface area contributed by atoms with E-state index in [1.54, 1.807) is 0 Å². The number of fused-ring (bicyclic) bond motifs is 3. The van der Waals surface area contributed by atoms with E-state index < -0.39 is 0 Å². The van der Waals surface area contributed by atoms with Gasteiger partial charge in [-0.25, -0.2) is 0 Å². The van der Waals surface area contributed by atoms with E-state index in [0.29, 0.717) is 12.1 Å². The summed E-state index contributed by atoms with van der Waals surface area (Å²) in [7, 11) is 0. The largest absolute Gasteiger partial charge is 0.299 e. The summed E-state index contributed by atoms with van der Waals surface area (Å²) in [5, 5.41) is 0. The van der Waals surface area contributed by atoms with Crippen LogP contribution in [0.1, 0.15) is 26.2 Å². The van der Waals surface area contributed by atoms with E-state index in [1.165, 1.54) is 52.0 Å². The van der Waals surface area contributed by atoms with Gasteiger partial charge in [0.2, 0.25) is 0 Å². The molecule has 0 aliphatic carbocycles. The third-order valence-electron chi connectivity index (χ3n) is 3.87. The van der Waals surface area contributed by atoms with E-state index in [1.807, 2.05) is 0 Å². The van der Waals surface area contributed by atoms with Crippen molar-refractivity contribution < 1.29 is 0 Å². The third-order valence-corrected chi connectivity index (χ3v) is 3.87. The second kappa shape index (κ2) is 5.25. The monoisotopic (exact) mass is 212 g/mol. The lowest BCUT2D eigenvalue weighted by atomic mass is 9.96. The van der Waals surface area contributed by atoms with Gasteiger partial charge in [0, 0.05) is 44.8 Å². The fraction of sp³-hybridized carbons (Fsp3) is 1.00. The van der Waals surface area contributed by atoms with Crippen LogP contribution in [0.3, 0.4) is 0 Å². The summed E-state index contributed by atoms with van der Waals surface area (Å²) in [6.45, 7) is 8.41. The summed E-state index contributed by atoms with van der Waals surface area (Å²) in [6, 6.07) is 1.12. The highest BCUT2D eigenvalue weighted by atomic mass is 15.4. The summed E-state index contributed by atoms with van der Waals surface area (Å²) in [4.78, 5) is 5.18. The molecule has 0 saturated carbocycles. The second-order valence-electron chi connectivity index (χ2n) is 4.82. The molecule has 15 heavy (non-hydrogen) atoms. The van der Waals surface area contributed by atoms with Crippen molar-refractivity contribution in [1.82, 2.24) is 15.2 Å². The van der Waals surface area contributed by atoms with Crippen LogP contribution in [0, 0.1) is 0 Å². The first-order chi connectivity index (χ1) is 7.35. The summed E-state index contributed by atoms with van der Waals surface area (Å²) < 4.78 is 0. The van der Waals surface area contributed by atoms with Crippen LogP contribution in [-0.2, 0) is 0 Å². The van der Waals surface area contributed by atoms with Crippen LogP contribution in [0.15, 0.2) is 0 Å². The molecule has 88 valence electrons. The van der Waals surface area contributed by atoms with Gasteiger partial charge in [0.05, 0.1) is 0 Å². The number of hydrazine groups is 1. The zero-order valence-electron chi connectivity index (χ0n) is 9.78. The Hall–Kier alpha value is -0.160. The average Bonchev–Trinajstić information content (AvgIpc) is 2.32. The van der Waals surface area contributed by atoms with E-state index in [4.69, 9.17) is 5.84 Å². The maximum Gasteiger partial charge on any atom is 0.0391 e. The van der Waals surface area contributed by atoms with Gasteiger partial charge in [-0.3, -0.25) is 21.1 Å². The molecule has 2 bridgehead atoms. The minimum Gasteiger partial charge on any atom is -0.299 e. The van der Waals surface area contributed by atoms with Crippen molar-refractivity contribution in [3.8, 4) is 0 Å². The molecule has 3 N–H and O–H groups in total. The van der Waals surface area contributed by atoms with Gasteiger partial charge in [0.15, 0.2) is 0 Å². The number of rotatable bonds is 5. The quantitative estimate of drug-likeness (QED) is 0.498. The van der Waals surface area contributed by atoms with Crippen LogP contribution in [0.2, 0.25) is 0 Å². The molecule has 0 aromatic heterocycles. The molecule has 0 radical (unpaired) electrons. The fourth-order valence-electron chi connectivity index (χ4n) is 2.85. The van der Waals surface area contributed by atoms with E-state index >= 15 is 0 Å². The van der Waals surface area contributed by atoms with Crippen molar-refractivity contribution in [3.05, 3.63) is 0 Å². The Morgan fingerprint density at radius 1 is 1.33 bits per heavy atom. The van der Waals surface area contributed by atoms with Gasteiger partial charge in [-0.05, 0) is 6.42 Å². The first-order valence-corrected chi connectivity index (χ1v) is 6.27. The number of nitrogens with one attached hydrogen (secondary N) is 1. The van der Waals surface area contributed by atoms with Gasteiger partial charge in [0.1, 0.15) is 0 Å². The highest BCUT2D eigenvalue weighted by molar-refractivity contribution is 4.94. The molecular formula is C11H24N4. The fourth-order valence-corrected chi connectivity index (χ4v) is 2.85. The van der Waals surface area contributed by atoms with Gasteiger partial charge in [-0.1, -0.05) is 19.8 Å². The molecular weight excluding hydrogens is 188 g/mol. The maximum absolute atomic E-state index is 5.68. The molecule has 4 heteroatoms. The summed E-state index contributed by atoms with van der Waals surface area (Å²) in [5.74, 6) is 5.68. The molecule has 3 aliphatic heterocycles. The van der Waals surface area contributed by atoms with Crippen LogP contribution >= 0.6 is 0 Å². The predicted molar refractivity (Wildman–Crippen MR) is 62.4 cm³/mol. The number of hydrogen-bond acceptors (Lipinski definition) is 4. The van der Waals surface area contributed by atoms with Crippen molar-refractivity contribution in [2.75, 3.05) is 32.7 Å². The third kappa shape index (κ3) is 2.50. The van der Waals surface area contributed by atoms with E-state index in [0.717, 1.165) is 0 Å². The number of unbranched alkanes of at least 4 members (excludes halogenated alkanes) is 1. The van der Waals surface area contributed by atoms with Crippen molar-refractivity contribution >= 4 is 0 Å². The highest BCUT2D eigenvalue weighted by Gasteiger charge is 2.35. The van der Waals surface area contributed by atoms with Gasteiger partial charge < -0.3 is 0 Å². The number of piperazine rings is 3. The van der Waals surface area contributed by atoms with Crippen LogP contribution in [0.25, 0.3) is 0 Å². The summed E-state index contributed by atoms with van der Waals surface area (Å²) in [6.07, 6.45) is 3.75. The number of hydrogen-bond donors (Lipinski definition) is 2. The molecule has 0 aromatic carbocycles. The number of nitrogens with zero attached hydrogens (tertiary/aromatic N) is 2. The smallest absolute Gasteiger partial charge is 0.0391 e. The van der Waals surface area contributed by atoms with Crippen LogP contribution in [-0.4, -0.2) is 54.6 Å². The molecule has 3 fully saturated rings. The molecule has 2 unspecified atom stereocenters. The Balaban J connectivity index is 1.90. The molecule has 3 aliphatic rings. The molecule has 3 rings (SSSR count). The van der Waals surface area contributed by atoms with Gasteiger partial charge in [0.25, 0.3) is 0 Å². The first-order valence-electron chi connectivity index (χ1n) is 6.27. The standard InChI is InChI=1S/C11H24N4/c1-2-3-4-10(13-12)11-9-14-5-7-15(11)8-6-14/h10-11,13H,2-9,12H2,1H3. The van der Waals surface area contributed by atoms with E-state index in [2.05, 4.69) is 22.1 Å². The number of nitrogens with two attached hydrogens (primary N) is 1. The average molecular weight is 212 g/mol. The van der Waals surface area contributed by atoms with Crippen LogP contribution in [0.5, 0.6) is 0 Å². The Bertz CT molecular complexity index is 189. The zero-order valence-corrected chi connectivity index (χ0v) is 9.78. The summed E-state index contributed by atoms with van der Waals surface area (Å²) >= 11 is 0. The zero-order chi connectivity index (χ0) is 10.7. The maximum atomic E-state index is 5.68. The lowest BCUT2D eigenvalue weighted by molar-refractivity contribution is -0.00478. The minimum absolute atomic E-state index is 0.480. The highest BCUT2D eigenvalue weighted by Crippen LogP contribution is 2.20. The van der Waals surface area contributed by atoms with Crippen LogP contribution in [0.4, 0.5) is 0 Å². The lowest BCUT2D eigenvalue weighted by Gasteiger charge is -2.50. The molecule has 0 aromatic rings. The molecule has 3 saturated heterocycles. The van der Waals surface area contributed by atoms with Crippen molar-refractivity contribution in [1.29, 1.82) is 0 Å². The predicted octanol–water partition coefficient (Wildman–Crippen LogP) is 0.00830. The topological polar surface area (TPSA) is 44.5 Å². The van der Waals surface area contributed by atoms with Crippen molar-refractivity contribution in [3.63, 3.8) is 0 Å². The Morgan fingerprint density at radius 2 is 2.07 bits per heavy atom. The molecule has 0 amide bonds. The van der Waals surface area contributed by atoms with Gasteiger partial charge in [-0.2, -0.15) is 0 Å². The lowest BCUT2D eigenvalue weighted by Crippen LogP contribution is -2.67. The van der Waals surface area contributed by atoms with Gasteiger partial charge in [-0.15, -0.1) is 0 Å². The molecule has 0 spiro atoms. The van der Waals surface area contributed by atoms with Crippen molar-refractivity contribution in [2.24, 2.45) is 5.84 Å². The van der Waals surface area contributed by atoms with E-state index in [-0.39, 0.29) is 0 Å². The first kappa shape index (κ1) is 11.3. The van der Waals surface area contributed by atoms with Gasteiger partial charge >= 0.3 is 0 Å². The Kier molecular flexibility index (Phi) is 3.97. The molecule has 4 nitrogen and oxygen atoms in total. The Morgan fingerprint density at radius 3 is 2.53 bits per heavy atom. The van der Waals surface area contributed by atoms with E-state index in [9.17, 15) is 0 Å². The van der Waals surface area contributed by atoms with Crippen LogP contribution < -0.4 is 11.3 Å². The molecule has 3 heterocycles. The van der Waals surface area contributed by atoms with Crippen molar-refractivity contribution in [2.45, 2.75) is 38.3 Å². The molecule has 2 atom stereocenters. The summed E-state index contributed by atoms with van der Waals surface area (Å²) in [5.41, 5.74) is 3.02. The SMILES string of the molecule is CCCCC(NN)C1CN2CCN1CC2.